The number of carbonyl (C=O) groups excluding carboxylic acids is 1. The Morgan fingerprint density at radius 1 is 1.27 bits per heavy atom. The minimum Gasteiger partial charge on any atom is -0.349 e. The quantitative estimate of drug-likeness (QED) is 0.738. The Bertz CT molecular complexity index is 852. The highest BCUT2D eigenvalue weighted by molar-refractivity contribution is 5.75. The predicted octanol–water partition coefficient (Wildman–Crippen LogP) is 2.25. The summed E-state index contributed by atoms with van der Waals surface area (Å²) >= 11 is 0. The van der Waals surface area contributed by atoms with Crippen molar-refractivity contribution in [2.75, 3.05) is 0 Å². The summed E-state index contributed by atoms with van der Waals surface area (Å²) in [6, 6.07) is 6.00. The smallest absolute Gasteiger partial charge is 0.220 e. The van der Waals surface area contributed by atoms with E-state index in [4.69, 9.17) is 6.42 Å². The van der Waals surface area contributed by atoms with Crippen LogP contribution in [0.25, 0.3) is 5.69 Å². The van der Waals surface area contributed by atoms with Crippen molar-refractivity contribution in [2.45, 2.75) is 51.7 Å². The van der Waals surface area contributed by atoms with E-state index in [0.29, 0.717) is 31.5 Å². The molecular weight excluding hydrogens is 330 g/mol. The first-order chi connectivity index (χ1) is 12.5. The average Bonchev–Trinajstić information content (AvgIpc) is 3.25. The molecule has 8 nitrogen and oxygen atoms in total. The van der Waals surface area contributed by atoms with E-state index < -0.39 is 5.66 Å². The molecular formula is C18H21N7O. The number of nitrogens with one attached hydrogen (secondary N) is 1. The lowest BCUT2D eigenvalue weighted by molar-refractivity contribution is -0.121. The Morgan fingerprint density at radius 2 is 2.00 bits per heavy atom. The molecule has 0 fully saturated rings. The van der Waals surface area contributed by atoms with Crippen LogP contribution in [-0.2, 0) is 11.3 Å². The molecule has 0 unspecified atom stereocenters. The summed E-state index contributed by atoms with van der Waals surface area (Å²) in [5.41, 5.74) is 2.63. The Hall–Kier alpha value is -3.08. The maximum Gasteiger partial charge on any atom is 0.220 e. The Balaban J connectivity index is 1.57. The van der Waals surface area contributed by atoms with Gasteiger partial charge in [0, 0.05) is 25.7 Å². The molecule has 0 saturated heterocycles. The van der Waals surface area contributed by atoms with Crippen molar-refractivity contribution < 1.29 is 4.79 Å². The largest absolute Gasteiger partial charge is 0.349 e. The normalized spacial score (nSPS) is 14.0. The molecule has 1 aliphatic rings. The molecule has 8 heteroatoms. The van der Waals surface area contributed by atoms with Crippen molar-refractivity contribution in [1.29, 1.82) is 0 Å². The first kappa shape index (κ1) is 17.7. The van der Waals surface area contributed by atoms with E-state index in [1.165, 1.54) is 0 Å². The number of amides is 1. The van der Waals surface area contributed by atoms with Crippen LogP contribution in [0.2, 0.25) is 0 Å². The third-order valence-electron chi connectivity index (χ3n) is 4.43. The number of benzene rings is 1. The first-order valence-corrected chi connectivity index (χ1v) is 8.53. The van der Waals surface area contributed by atoms with Crippen LogP contribution >= 0.6 is 0 Å². The van der Waals surface area contributed by atoms with Gasteiger partial charge >= 0.3 is 0 Å². The molecule has 0 bridgehead atoms. The molecule has 134 valence electrons. The van der Waals surface area contributed by atoms with Gasteiger partial charge in [0.15, 0.2) is 11.5 Å². The molecule has 1 aromatic heterocycles. The van der Waals surface area contributed by atoms with Crippen molar-refractivity contribution in [1.82, 2.24) is 25.5 Å². The van der Waals surface area contributed by atoms with E-state index in [1.807, 2.05) is 32.0 Å². The summed E-state index contributed by atoms with van der Waals surface area (Å²) in [5, 5.41) is 22.8. The predicted molar refractivity (Wildman–Crippen MR) is 95.4 cm³/mol. The van der Waals surface area contributed by atoms with E-state index in [9.17, 15) is 4.79 Å². The summed E-state index contributed by atoms with van der Waals surface area (Å²) < 4.78 is 1.67. The minimum absolute atomic E-state index is 0.0848. The fourth-order valence-electron chi connectivity index (χ4n) is 2.88. The summed E-state index contributed by atoms with van der Waals surface area (Å²) in [6.07, 6.45) is 7.48. The van der Waals surface area contributed by atoms with Gasteiger partial charge < -0.3 is 5.32 Å². The van der Waals surface area contributed by atoms with E-state index >= 15 is 0 Å². The molecule has 0 aliphatic carbocycles. The van der Waals surface area contributed by atoms with Crippen molar-refractivity contribution in [2.24, 2.45) is 10.2 Å². The zero-order valence-electron chi connectivity index (χ0n) is 14.9. The molecule has 0 spiro atoms. The maximum absolute atomic E-state index is 12.2. The molecule has 0 saturated carbocycles. The van der Waals surface area contributed by atoms with E-state index in [1.54, 1.807) is 4.68 Å². The van der Waals surface area contributed by atoms with Crippen LogP contribution in [0.15, 0.2) is 28.4 Å². The molecule has 2 aromatic rings. The summed E-state index contributed by atoms with van der Waals surface area (Å²) in [7, 11) is 0. The van der Waals surface area contributed by atoms with Gasteiger partial charge in [-0.2, -0.15) is 14.9 Å². The highest BCUT2D eigenvalue weighted by atomic mass is 16.1. The van der Waals surface area contributed by atoms with Crippen molar-refractivity contribution in [3.8, 4) is 18.0 Å². The number of rotatable bonds is 8. The van der Waals surface area contributed by atoms with Gasteiger partial charge in [-0.15, -0.1) is 17.4 Å². The molecule has 0 atom stereocenters. The fraction of sp³-hybridized carbons (Fsp3) is 0.444. The second-order valence-electron chi connectivity index (χ2n) is 6.41. The number of hydrogen-bond donors (Lipinski definition) is 1. The Labute approximate surface area is 152 Å². The van der Waals surface area contributed by atoms with Crippen LogP contribution in [0.5, 0.6) is 0 Å². The van der Waals surface area contributed by atoms with Crippen LogP contribution in [-0.4, -0.2) is 31.8 Å². The number of tetrazole rings is 1. The standard InChI is InChI=1S/C18H21N7O/c1-4-5-10-18(21-22-18)11-9-16(26)19-12-15-20-23-24-25(15)17-13(2)7-6-8-14(17)3/h1,6-8H,5,9-12H2,2-3H3,(H,19,26). The minimum atomic E-state index is -0.441. The monoisotopic (exact) mass is 351 g/mol. The maximum atomic E-state index is 12.2. The van der Waals surface area contributed by atoms with Gasteiger partial charge in [-0.05, 0) is 35.4 Å². The van der Waals surface area contributed by atoms with Gasteiger partial charge in [0.25, 0.3) is 0 Å². The highest BCUT2D eigenvalue weighted by Gasteiger charge is 2.39. The zero-order chi connectivity index (χ0) is 18.6. The van der Waals surface area contributed by atoms with E-state index in [-0.39, 0.29) is 12.5 Å². The number of carbonyl (C=O) groups is 1. The lowest BCUT2D eigenvalue weighted by Crippen LogP contribution is -2.26. The SMILES string of the molecule is C#CCCC1(CCC(=O)NCc2nnnn2-c2c(C)cccc2C)N=N1. The number of aryl methyl sites for hydroxylation is 2. The molecule has 1 aliphatic heterocycles. The second kappa shape index (κ2) is 7.44. The van der Waals surface area contributed by atoms with Crippen LogP contribution in [0, 0.1) is 26.2 Å². The lowest BCUT2D eigenvalue weighted by atomic mass is 10.0. The molecule has 1 aromatic carbocycles. The van der Waals surface area contributed by atoms with Crippen molar-refractivity contribution >= 4 is 5.91 Å². The average molecular weight is 351 g/mol. The summed E-state index contributed by atoms with van der Waals surface area (Å²) in [5.74, 6) is 3.08. The van der Waals surface area contributed by atoms with Crippen LogP contribution in [0.3, 0.4) is 0 Å². The van der Waals surface area contributed by atoms with Crippen molar-refractivity contribution in [3.63, 3.8) is 0 Å². The summed E-state index contributed by atoms with van der Waals surface area (Å²) in [6.45, 7) is 4.26. The Morgan fingerprint density at radius 3 is 2.65 bits per heavy atom. The number of para-hydroxylation sites is 1. The number of hydrogen-bond acceptors (Lipinski definition) is 6. The topological polar surface area (TPSA) is 97.4 Å². The van der Waals surface area contributed by atoms with E-state index in [2.05, 4.69) is 37.0 Å². The van der Waals surface area contributed by atoms with Gasteiger partial charge in [0.2, 0.25) is 5.91 Å². The molecule has 3 rings (SSSR count). The van der Waals surface area contributed by atoms with Crippen LogP contribution in [0.1, 0.15) is 42.6 Å². The van der Waals surface area contributed by atoms with Gasteiger partial charge in [0.1, 0.15) is 0 Å². The molecule has 1 N–H and O–H groups in total. The first-order valence-electron chi connectivity index (χ1n) is 8.53. The summed E-state index contributed by atoms with van der Waals surface area (Å²) in [4.78, 5) is 12.2. The van der Waals surface area contributed by atoms with Crippen LogP contribution < -0.4 is 5.32 Å². The molecule has 2 heterocycles. The van der Waals surface area contributed by atoms with E-state index in [0.717, 1.165) is 16.8 Å². The lowest BCUT2D eigenvalue weighted by Gasteiger charge is -2.12. The van der Waals surface area contributed by atoms with Gasteiger partial charge in [-0.3, -0.25) is 4.79 Å². The molecule has 1 amide bonds. The number of terminal acetylenes is 1. The zero-order valence-corrected chi connectivity index (χ0v) is 14.9. The van der Waals surface area contributed by atoms with Gasteiger partial charge in [-0.25, -0.2) is 0 Å². The third-order valence-corrected chi connectivity index (χ3v) is 4.43. The second-order valence-corrected chi connectivity index (χ2v) is 6.41. The van der Waals surface area contributed by atoms with Gasteiger partial charge in [0.05, 0.1) is 12.2 Å². The van der Waals surface area contributed by atoms with Gasteiger partial charge in [-0.1, -0.05) is 18.2 Å². The third kappa shape index (κ3) is 3.94. The molecule has 26 heavy (non-hydrogen) atoms. The fourth-order valence-corrected chi connectivity index (χ4v) is 2.88. The number of nitrogens with zero attached hydrogens (tertiary/aromatic N) is 6. The van der Waals surface area contributed by atoms with Crippen molar-refractivity contribution in [3.05, 3.63) is 35.2 Å². The highest BCUT2D eigenvalue weighted by Crippen LogP contribution is 2.37. The Kier molecular flexibility index (Phi) is 5.07. The number of aromatic nitrogens is 4. The molecule has 0 radical (unpaired) electrons. The van der Waals surface area contributed by atoms with Crippen LogP contribution in [0.4, 0.5) is 0 Å².